The lowest BCUT2D eigenvalue weighted by molar-refractivity contribution is -0.131. The van der Waals surface area contributed by atoms with Crippen molar-refractivity contribution >= 4 is 40.4 Å². The number of ether oxygens (including phenoxy) is 1. The predicted molar refractivity (Wildman–Crippen MR) is 174 cm³/mol. The Bertz CT molecular complexity index is 1810. The summed E-state index contributed by atoms with van der Waals surface area (Å²) in [5.41, 5.74) is 5.56. The summed E-state index contributed by atoms with van der Waals surface area (Å²) in [6, 6.07) is 21.2. The van der Waals surface area contributed by atoms with E-state index in [1.807, 2.05) is 24.3 Å². The average molecular weight is 604 g/mol. The molecule has 3 aromatic carbocycles. The number of carbonyl (C=O) groups excluding carboxylic acids is 2. The number of para-hydroxylation sites is 1. The van der Waals surface area contributed by atoms with E-state index >= 15 is 0 Å². The second-order valence-electron chi connectivity index (χ2n) is 12.5. The van der Waals surface area contributed by atoms with Gasteiger partial charge in [-0.25, -0.2) is 4.79 Å². The van der Waals surface area contributed by atoms with E-state index in [2.05, 4.69) is 33.4 Å². The SMILES string of the molecule is O=C(O)/C=C/c1ccc(NC(=O)C2(NC(=O)c3ccc4c(C5CCCCC5)c5n(c4c3)CCOc3ccccc3-5)CCC2)cc1. The van der Waals surface area contributed by atoms with Gasteiger partial charge in [0, 0.05) is 33.8 Å². The van der Waals surface area contributed by atoms with Gasteiger partial charge in [0.15, 0.2) is 0 Å². The molecule has 7 rings (SSSR count). The fourth-order valence-electron chi connectivity index (χ4n) is 7.20. The molecule has 0 saturated heterocycles. The maximum absolute atomic E-state index is 13.8. The Kier molecular flexibility index (Phi) is 7.65. The third-order valence-corrected chi connectivity index (χ3v) is 9.68. The van der Waals surface area contributed by atoms with Crippen molar-refractivity contribution in [3.63, 3.8) is 0 Å². The molecule has 4 aromatic rings. The molecule has 2 fully saturated rings. The number of aromatic nitrogens is 1. The van der Waals surface area contributed by atoms with Crippen LogP contribution >= 0.6 is 0 Å². The molecule has 1 aromatic heterocycles. The molecule has 3 aliphatic rings. The third-order valence-electron chi connectivity index (χ3n) is 9.68. The van der Waals surface area contributed by atoms with Crippen molar-refractivity contribution < 1.29 is 24.2 Å². The minimum Gasteiger partial charge on any atom is -0.491 e. The summed E-state index contributed by atoms with van der Waals surface area (Å²) in [7, 11) is 0. The van der Waals surface area contributed by atoms with Gasteiger partial charge in [0.25, 0.3) is 5.91 Å². The molecule has 2 saturated carbocycles. The fraction of sp³-hybridized carbons (Fsp3) is 0.324. The first kappa shape index (κ1) is 28.9. The highest BCUT2D eigenvalue weighted by molar-refractivity contribution is 6.06. The van der Waals surface area contributed by atoms with Crippen LogP contribution in [0.4, 0.5) is 5.69 Å². The standard InChI is InChI=1S/C37H37N3O5/c41-32(42)18-13-24-11-15-27(16-12-24)38-36(44)37(19-6-20-37)39-35(43)26-14-17-28-30(23-26)40-21-22-45-31-10-5-4-9-29(31)34(40)33(28)25-7-2-1-3-8-25/h4-5,9-18,23,25H,1-3,6-8,19-22H2,(H,38,44)(H,39,43)(H,41,42)/b18-13+. The second-order valence-corrected chi connectivity index (χ2v) is 12.5. The highest BCUT2D eigenvalue weighted by Crippen LogP contribution is 2.47. The molecule has 0 spiro atoms. The Labute approximate surface area is 262 Å². The smallest absolute Gasteiger partial charge is 0.328 e. The largest absolute Gasteiger partial charge is 0.491 e. The molecule has 0 atom stereocenters. The van der Waals surface area contributed by atoms with Crippen molar-refractivity contribution in [3.8, 4) is 17.0 Å². The first-order chi connectivity index (χ1) is 21.9. The van der Waals surface area contributed by atoms with Gasteiger partial charge in [-0.15, -0.1) is 0 Å². The van der Waals surface area contributed by atoms with Gasteiger partial charge in [0.05, 0.1) is 12.2 Å². The number of nitrogens with zero attached hydrogens (tertiary/aromatic N) is 1. The van der Waals surface area contributed by atoms with E-state index < -0.39 is 11.5 Å². The Morgan fingerprint density at radius 3 is 2.44 bits per heavy atom. The molecule has 2 aliphatic carbocycles. The van der Waals surface area contributed by atoms with Gasteiger partial charge < -0.3 is 25.0 Å². The number of benzene rings is 3. The van der Waals surface area contributed by atoms with Crippen LogP contribution in [0, 0.1) is 0 Å². The molecular formula is C37H37N3O5. The molecule has 2 amide bonds. The van der Waals surface area contributed by atoms with Crippen molar-refractivity contribution in [2.45, 2.75) is 69.4 Å². The van der Waals surface area contributed by atoms with E-state index in [9.17, 15) is 14.4 Å². The van der Waals surface area contributed by atoms with Crippen LogP contribution in [0.1, 0.15) is 78.8 Å². The molecule has 0 bridgehead atoms. The van der Waals surface area contributed by atoms with Gasteiger partial charge in [-0.05, 0) is 91.6 Å². The van der Waals surface area contributed by atoms with Gasteiger partial charge in [-0.3, -0.25) is 9.59 Å². The molecule has 0 radical (unpaired) electrons. The molecule has 3 N–H and O–H groups in total. The predicted octanol–water partition coefficient (Wildman–Crippen LogP) is 7.14. The maximum atomic E-state index is 13.8. The van der Waals surface area contributed by atoms with Crippen LogP contribution in [0.3, 0.4) is 0 Å². The number of fused-ring (bicyclic) bond motifs is 5. The molecule has 0 unspecified atom stereocenters. The molecule has 8 heteroatoms. The van der Waals surface area contributed by atoms with Crippen LogP contribution in [-0.4, -0.2) is 39.6 Å². The zero-order valence-electron chi connectivity index (χ0n) is 25.2. The van der Waals surface area contributed by atoms with Crippen molar-refractivity contribution in [2.24, 2.45) is 0 Å². The zero-order valence-corrected chi connectivity index (χ0v) is 25.2. The molecule has 8 nitrogen and oxygen atoms in total. The quantitative estimate of drug-likeness (QED) is 0.195. The summed E-state index contributed by atoms with van der Waals surface area (Å²) in [5.74, 6) is -0.167. The molecule has 45 heavy (non-hydrogen) atoms. The first-order valence-electron chi connectivity index (χ1n) is 16.0. The van der Waals surface area contributed by atoms with E-state index in [1.165, 1.54) is 42.0 Å². The van der Waals surface area contributed by atoms with Crippen LogP contribution in [0.2, 0.25) is 0 Å². The van der Waals surface area contributed by atoms with Crippen LogP contribution in [-0.2, 0) is 16.1 Å². The van der Waals surface area contributed by atoms with Crippen LogP contribution in [0.25, 0.3) is 28.2 Å². The average Bonchev–Trinajstić information content (AvgIpc) is 3.23. The summed E-state index contributed by atoms with van der Waals surface area (Å²) in [5, 5.41) is 16.1. The summed E-state index contributed by atoms with van der Waals surface area (Å²) in [4.78, 5) is 38.1. The van der Waals surface area contributed by atoms with Crippen molar-refractivity contribution in [1.82, 2.24) is 9.88 Å². The number of carbonyl (C=O) groups is 3. The molecular weight excluding hydrogens is 566 g/mol. The minimum absolute atomic E-state index is 0.248. The summed E-state index contributed by atoms with van der Waals surface area (Å²) in [6.07, 6.45) is 10.6. The Morgan fingerprint density at radius 1 is 0.933 bits per heavy atom. The Hall–Kier alpha value is -4.85. The topological polar surface area (TPSA) is 110 Å². The van der Waals surface area contributed by atoms with E-state index in [1.54, 1.807) is 24.3 Å². The summed E-state index contributed by atoms with van der Waals surface area (Å²) in [6.45, 7) is 1.24. The first-order valence-corrected chi connectivity index (χ1v) is 16.0. The number of aliphatic carboxylic acids is 1. The van der Waals surface area contributed by atoms with E-state index in [-0.39, 0.29) is 11.8 Å². The van der Waals surface area contributed by atoms with Gasteiger partial charge >= 0.3 is 5.97 Å². The van der Waals surface area contributed by atoms with Gasteiger partial charge in [-0.2, -0.15) is 0 Å². The van der Waals surface area contributed by atoms with Gasteiger partial charge in [-0.1, -0.05) is 49.6 Å². The normalized spacial score (nSPS) is 17.4. The molecule has 2 heterocycles. The van der Waals surface area contributed by atoms with Crippen LogP contribution < -0.4 is 15.4 Å². The Morgan fingerprint density at radius 2 is 1.71 bits per heavy atom. The molecule has 1 aliphatic heterocycles. The summed E-state index contributed by atoms with van der Waals surface area (Å²) >= 11 is 0. The second kappa shape index (κ2) is 11.9. The summed E-state index contributed by atoms with van der Waals surface area (Å²) < 4.78 is 8.51. The fourth-order valence-corrected chi connectivity index (χ4v) is 7.20. The van der Waals surface area contributed by atoms with Gasteiger partial charge in [0.1, 0.15) is 17.9 Å². The monoisotopic (exact) mass is 603 g/mol. The number of hydrogen-bond donors (Lipinski definition) is 3. The number of amides is 2. The van der Waals surface area contributed by atoms with E-state index in [4.69, 9.17) is 9.84 Å². The maximum Gasteiger partial charge on any atom is 0.328 e. The van der Waals surface area contributed by atoms with E-state index in [0.717, 1.165) is 42.2 Å². The van der Waals surface area contributed by atoms with Gasteiger partial charge in [0.2, 0.25) is 5.91 Å². The highest BCUT2D eigenvalue weighted by Gasteiger charge is 2.45. The van der Waals surface area contributed by atoms with Crippen LogP contribution in [0.5, 0.6) is 5.75 Å². The zero-order chi connectivity index (χ0) is 31.0. The number of hydrogen-bond acceptors (Lipinski definition) is 4. The van der Waals surface area contributed by atoms with Crippen LogP contribution in [0.15, 0.2) is 72.8 Å². The minimum atomic E-state index is -1.02. The lowest BCUT2D eigenvalue weighted by Gasteiger charge is -2.40. The van der Waals surface area contributed by atoms with Crippen molar-refractivity contribution in [1.29, 1.82) is 0 Å². The van der Waals surface area contributed by atoms with Crippen molar-refractivity contribution in [2.75, 3.05) is 11.9 Å². The lowest BCUT2D eigenvalue weighted by atomic mass is 9.75. The Balaban J connectivity index is 1.18. The number of carboxylic acids is 1. The lowest BCUT2D eigenvalue weighted by Crippen LogP contribution is -2.61. The number of anilines is 1. The molecule has 230 valence electrons. The number of nitrogens with one attached hydrogen (secondary N) is 2. The van der Waals surface area contributed by atoms with E-state index in [0.29, 0.717) is 48.7 Å². The van der Waals surface area contributed by atoms with Crippen molar-refractivity contribution in [3.05, 3.63) is 89.5 Å². The highest BCUT2D eigenvalue weighted by atomic mass is 16.5. The number of carboxylic acid groups (broad SMARTS) is 1. The third kappa shape index (κ3) is 5.50. The number of rotatable bonds is 7.